The highest BCUT2D eigenvalue weighted by Crippen LogP contribution is 2.38. The summed E-state index contributed by atoms with van der Waals surface area (Å²) in [4.78, 5) is 28.9. The molecule has 192 valence electrons. The fourth-order valence-corrected chi connectivity index (χ4v) is 5.81. The van der Waals surface area contributed by atoms with Gasteiger partial charge in [-0.15, -0.1) is 5.10 Å². The Labute approximate surface area is 223 Å². The molecule has 2 aliphatic rings. The summed E-state index contributed by atoms with van der Waals surface area (Å²) in [6, 6.07) is 13.1. The molecule has 0 radical (unpaired) electrons. The number of carbonyl (C=O) groups excluding carboxylic acids is 1. The normalized spacial score (nSPS) is 17.7. The van der Waals surface area contributed by atoms with Crippen LogP contribution in [0.15, 0.2) is 65.0 Å². The van der Waals surface area contributed by atoms with E-state index in [1.807, 2.05) is 31.2 Å². The molecule has 1 saturated carbocycles. The quantitative estimate of drug-likeness (QED) is 0.161. The van der Waals surface area contributed by atoms with Crippen LogP contribution in [-0.4, -0.2) is 31.8 Å². The van der Waals surface area contributed by atoms with E-state index in [1.165, 1.54) is 23.9 Å². The third kappa shape index (κ3) is 5.50. The van der Waals surface area contributed by atoms with Crippen molar-refractivity contribution in [3.63, 3.8) is 0 Å². The average Bonchev–Trinajstić information content (AvgIpc) is 3.30. The van der Waals surface area contributed by atoms with E-state index >= 15 is 0 Å². The first-order valence-electron chi connectivity index (χ1n) is 12.2. The number of nitro benzene ring substituents is 1. The minimum Gasteiger partial charge on any atom is -0.459 e. The molecule has 0 bridgehead atoms. The molecule has 37 heavy (non-hydrogen) atoms. The number of rotatable bonds is 7. The number of nitrogens with zero attached hydrogens (tertiary/aromatic N) is 4. The molecular formula is C26H26ClN5O4S. The maximum atomic E-state index is 13.5. The van der Waals surface area contributed by atoms with E-state index in [-0.39, 0.29) is 11.8 Å². The molecule has 1 aromatic heterocycles. The summed E-state index contributed by atoms with van der Waals surface area (Å²) in [7, 11) is 0. The molecule has 0 saturated heterocycles. The zero-order valence-electron chi connectivity index (χ0n) is 20.2. The summed E-state index contributed by atoms with van der Waals surface area (Å²) in [6.07, 6.45) is 4.83. The number of hydrogen-bond donors (Lipinski definition) is 1. The molecule has 11 heteroatoms. The van der Waals surface area contributed by atoms with Gasteiger partial charge < -0.3 is 10.1 Å². The highest BCUT2D eigenvalue weighted by molar-refractivity contribution is 7.98. The number of ether oxygens (including phenoxy) is 1. The van der Waals surface area contributed by atoms with Gasteiger partial charge in [-0.2, -0.15) is 4.98 Å². The van der Waals surface area contributed by atoms with Gasteiger partial charge in [-0.05, 0) is 61.9 Å². The second kappa shape index (κ2) is 10.9. The maximum absolute atomic E-state index is 13.5. The SMILES string of the molecule is CC1=C(C(=O)OC2CCCCC2)C(c2ccc([N+](=O)[O-])cc2)n2nc(SCc3ccccc3Cl)nc2N1. The van der Waals surface area contributed by atoms with Gasteiger partial charge in [0, 0.05) is 28.6 Å². The molecule has 1 fully saturated rings. The van der Waals surface area contributed by atoms with Crippen LogP contribution in [0.1, 0.15) is 56.2 Å². The molecule has 1 atom stereocenters. The van der Waals surface area contributed by atoms with Gasteiger partial charge in [0.05, 0.1) is 10.5 Å². The van der Waals surface area contributed by atoms with Gasteiger partial charge in [-0.25, -0.2) is 9.48 Å². The van der Waals surface area contributed by atoms with Crippen LogP contribution in [-0.2, 0) is 15.3 Å². The predicted octanol–water partition coefficient (Wildman–Crippen LogP) is 6.30. The van der Waals surface area contributed by atoms with Crippen LogP contribution in [0.2, 0.25) is 5.02 Å². The van der Waals surface area contributed by atoms with E-state index in [9.17, 15) is 14.9 Å². The standard InChI is InChI=1S/C26H26ClN5O4S/c1-16-22(24(33)36-20-8-3-2-4-9-20)23(17-11-13-19(14-12-17)32(34)35)31-25(28-16)29-26(30-31)37-15-18-7-5-6-10-21(18)27/h5-7,10-14,20,23H,2-4,8-9,15H2,1H3,(H,28,29,30). The zero-order chi connectivity index (χ0) is 25.9. The predicted molar refractivity (Wildman–Crippen MR) is 142 cm³/mol. The number of anilines is 1. The van der Waals surface area contributed by atoms with Crippen molar-refractivity contribution in [2.75, 3.05) is 5.32 Å². The molecule has 5 rings (SSSR count). The number of fused-ring (bicyclic) bond motifs is 1. The first-order chi connectivity index (χ1) is 17.9. The number of aromatic nitrogens is 3. The summed E-state index contributed by atoms with van der Waals surface area (Å²) >= 11 is 7.74. The number of thioether (sulfide) groups is 1. The Morgan fingerprint density at radius 1 is 1.19 bits per heavy atom. The number of benzene rings is 2. The Morgan fingerprint density at radius 2 is 1.92 bits per heavy atom. The molecule has 0 spiro atoms. The van der Waals surface area contributed by atoms with Crippen LogP contribution in [0.5, 0.6) is 0 Å². The van der Waals surface area contributed by atoms with Crippen molar-refractivity contribution in [1.82, 2.24) is 14.8 Å². The van der Waals surface area contributed by atoms with E-state index in [0.29, 0.717) is 38.7 Å². The van der Waals surface area contributed by atoms with Gasteiger partial charge in [0.2, 0.25) is 11.1 Å². The third-order valence-corrected chi connectivity index (χ3v) is 7.87. The van der Waals surface area contributed by atoms with Gasteiger partial charge in [0.25, 0.3) is 5.69 Å². The summed E-state index contributed by atoms with van der Waals surface area (Å²) in [5.74, 6) is 0.650. The van der Waals surface area contributed by atoms with Crippen molar-refractivity contribution in [3.05, 3.63) is 86.1 Å². The molecule has 2 aromatic carbocycles. The number of nitrogens with one attached hydrogen (secondary N) is 1. The van der Waals surface area contributed by atoms with Gasteiger partial charge in [0.1, 0.15) is 12.1 Å². The smallest absolute Gasteiger partial charge is 0.338 e. The first kappa shape index (κ1) is 25.3. The number of esters is 1. The number of halogens is 1. The van der Waals surface area contributed by atoms with E-state index in [0.717, 1.165) is 37.7 Å². The maximum Gasteiger partial charge on any atom is 0.338 e. The van der Waals surface area contributed by atoms with Crippen molar-refractivity contribution in [3.8, 4) is 0 Å². The largest absolute Gasteiger partial charge is 0.459 e. The lowest BCUT2D eigenvalue weighted by atomic mass is 9.94. The Kier molecular flexibility index (Phi) is 7.48. The average molecular weight is 540 g/mol. The highest BCUT2D eigenvalue weighted by Gasteiger charge is 2.36. The highest BCUT2D eigenvalue weighted by atomic mass is 35.5. The Hall–Kier alpha value is -3.37. The lowest BCUT2D eigenvalue weighted by Crippen LogP contribution is -2.32. The molecule has 3 aromatic rings. The van der Waals surface area contributed by atoms with Crippen molar-refractivity contribution in [2.24, 2.45) is 0 Å². The Bertz CT molecular complexity index is 1350. The van der Waals surface area contributed by atoms with Gasteiger partial charge in [-0.3, -0.25) is 10.1 Å². The van der Waals surface area contributed by atoms with Crippen LogP contribution < -0.4 is 5.32 Å². The number of non-ortho nitro benzene ring substituents is 1. The van der Waals surface area contributed by atoms with Crippen LogP contribution in [0, 0.1) is 10.1 Å². The van der Waals surface area contributed by atoms with Gasteiger partial charge in [-0.1, -0.05) is 48.0 Å². The topological polar surface area (TPSA) is 112 Å². The summed E-state index contributed by atoms with van der Waals surface area (Å²) in [6.45, 7) is 1.81. The van der Waals surface area contributed by atoms with Crippen LogP contribution in [0.4, 0.5) is 11.6 Å². The van der Waals surface area contributed by atoms with E-state index < -0.39 is 16.9 Å². The number of hydrogen-bond acceptors (Lipinski definition) is 8. The molecular weight excluding hydrogens is 514 g/mol. The fourth-order valence-electron chi connectivity index (χ4n) is 4.70. The van der Waals surface area contributed by atoms with Crippen LogP contribution in [0.25, 0.3) is 0 Å². The minimum absolute atomic E-state index is 0.0282. The molecule has 1 aliphatic carbocycles. The number of allylic oxidation sites excluding steroid dienone is 1. The molecule has 1 N–H and O–H groups in total. The van der Waals surface area contributed by atoms with Gasteiger partial charge >= 0.3 is 5.97 Å². The van der Waals surface area contributed by atoms with Crippen molar-refractivity contribution < 1.29 is 14.5 Å². The Morgan fingerprint density at radius 3 is 2.62 bits per heavy atom. The second-order valence-corrected chi connectivity index (χ2v) is 10.5. The van der Waals surface area contributed by atoms with Crippen molar-refractivity contribution in [1.29, 1.82) is 0 Å². The molecule has 1 aliphatic heterocycles. The number of nitro groups is 1. The third-order valence-electron chi connectivity index (χ3n) is 6.61. The molecule has 9 nitrogen and oxygen atoms in total. The summed E-state index contributed by atoms with van der Waals surface area (Å²) in [5.41, 5.74) is 2.65. The molecule has 1 unspecified atom stereocenters. The zero-order valence-corrected chi connectivity index (χ0v) is 21.8. The monoisotopic (exact) mass is 539 g/mol. The van der Waals surface area contributed by atoms with Crippen LogP contribution in [0.3, 0.4) is 0 Å². The van der Waals surface area contributed by atoms with Crippen LogP contribution >= 0.6 is 23.4 Å². The molecule has 0 amide bonds. The van der Waals surface area contributed by atoms with Crippen molar-refractivity contribution >= 4 is 41.0 Å². The first-order valence-corrected chi connectivity index (χ1v) is 13.5. The van der Waals surface area contributed by atoms with E-state index in [1.54, 1.807) is 16.8 Å². The molecule has 2 heterocycles. The van der Waals surface area contributed by atoms with E-state index in [2.05, 4.69) is 10.3 Å². The fraction of sp³-hybridized carbons (Fsp3) is 0.346. The Balaban J connectivity index is 1.47. The lowest BCUT2D eigenvalue weighted by molar-refractivity contribution is -0.384. The minimum atomic E-state index is -0.643. The summed E-state index contributed by atoms with van der Waals surface area (Å²) < 4.78 is 7.58. The van der Waals surface area contributed by atoms with Gasteiger partial charge in [0.15, 0.2) is 0 Å². The number of carbonyl (C=O) groups is 1. The second-order valence-electron chi connectivity index (χ2n) is 9.12. The lowest BCUT2D eigenvalue weighted by Gasteiger charge is -2.30. The van der Waals surface area contributed by atoms with E-state index in [4.69, 9.17) is 21.4 Å². The van der Waals surface area contributed by atoms with Crippen molar-refractivity contribution in [2.45, 2.75) is 62.1 Å². The summed E-state index contributed by atoms with van der Waals surface area (Å²) in [5, 5.41) is 20.3.